The summed E-state index contributed by atoms with van der Waals surface area (Å²) in [6.45, 7) is 3.71. The van der Waals surface area contributed by atoms with Crippen LogP contribution in [0.15, 0.2) is 206 Å². The van der Waals surface area contributed by atoms with Gasteiger partial charge in [0.25, 0.3) is 0 Å². The third kappa shape index (κ3) is 7.26. The molecule has 0 aliphatic heterocycles. The minimum absolute atomic E-state index is 0.0802. The van der Waals surface area contributed by atoms with Gasteiger partial charge in [-0.1, -0.05) is 200 Å². The van der Waals surface area contributed by atoms with Gasteiger partial charge in [0.05, 0.1) is 0 Å². The quantitative estimate of drug-likeness (QED) is 0.107. The van der Waals surface area contributed by atoms with Crippen LogP contribution in [0.5, 0.6) is 0 Å². The predicted octanol–water partition coefficient (Wildman–Crippen LogP) is 16.2. The Morgan fingerprint density at radius 1 is 0.371 bits per heavy atom. The fraction of sp³-hybridized carbons (Fsp3) is 0.185. The molecule has 4 aliphatic rings. The van der Waals surface area contributed by atoms with Crippen LogP contribution in [0.25, 0.3) is 89.1 Å². The van der Waals surface area contributed by atoms with Gasteiger partial charge in [-0.3, -0.25) is 0 Å². The van der Waals surface area contributed by atoms with Gasteiger partial charge in [-0.15, -0.1) is 0 Å². The van der Waals surface area contributed by atoms with E-state index >= 15 is 0 Å². The van der Waals surface area contributed by atoms with Crippen molar-refractivity contribution in [3.05, 3.63) is 217 Å². The van der Waals surface area contributed by atoms with Crippen LogP contribution in [0.4, 0.5) is 0 Å². The monoisotopic (exact) mass is 923 g/mol. The Morgan fingerprint density at radius 2 is 0.757 bits per heavy atom. The maximum atomic E-state index is 13.1. The minimum atomic E-state index is -2.38. The SMILES string of the molecule is CP(C)(=O)c1cccc(-c2ccc(C3(c4ccc(-c5nc(-c6ccc(-c7ccccc7)cc6)nc(-c6c7ccccc7c(-c7ccccc7)c7ccccc67)n5)cc4)C4CC5CC(C4)CC3C5)cc2)c1. The molecule has 70 heavy (non-hydrogen) atoms. The highest BCUT2D eigenvalue weighted by molar-refractivity contribution is 7.70. The molecule has 4 nitrogen and oxygen atoms in total. The molecule has 0 radical (unpaired) electrons. The number of nitrogens with zero attached hydrogens (tertiary/aromatic N) is 3. The lowest BCUT2D eigenvalue weighted by Crippen LogP contribution is -2.56. The maximum absolute atomic E-state index is 13.1. The predicted molar refractivity (Wildman–Crippen MR) is 291 cm³/mol. The molecule has 0 atom stereocenters. The fourth-order valence-electron chi connectivity index (χ4n) is 13.4. The highest BCUT2D eigenvalue weighted by Crippen LogP contribution is 2.65. The fourth-order valence-corrected chi connectivity index (χ4v) is 14.3. The molecule has 340 valence electrons. The number of hydrogen-bond donors (Lipinski definition) is 0. The van der Waals surface area contributed by atoms with Crippen molar-refractivity contribution in [2.45, 2.75) is 37.5 Å². The third-order valence-electron chi connectivity index (χ3n) is 16.3. The molecule has 9 aromatic carbocycles. The van der Waals surface area contributed by atoms with Crippen molar-refractivity contribution in [3.8, 4) is 67.5 Å². The average Bonchev–Trinajstić information content (AvgIpc) is 3.40. The molecule has 0 spiro atoms. The summed E-state index contributed by atoms with van der Waals surface area (Å²) in [6, 6.07) is 74.5. The summed E-state index contributed by atoms with van der Waals surface area (Å²) in [4.78, 5) is 16.2. The largest absolute Gasteiger partial charge is 0.319 e. The van der Waals surface area contributed by atoms with Crippen LogP contribution in [0, 0.1) is 23.7 Å². The highest BCUT2D eigenvalue weighted by Gasteiger charge is 2.58. The molecule has 0 saturated heterocycles. The number of fused-ring (bicyclic) bond motifs is 2. The molecule has 0 unspecified atom stereocenters. The van der Waals surface area contributed by atoms with E-state index in [0.29, 0.717) is 29.3 Å². The van der Waals surface area contributed by atoms with Gasteiger partial charge < -0.3 is 4.57 Å². The van der Waals surface area contributed by atoms with Crippen LogP contribution in [0.2, 0.25) is 0 Å². The summed E-state index contributed by atoms with van der Waals surface area (Å²) in [7, 11) is -2.38. The average molecular weight is 924 g/mol. The van der Waals surface area contributed by atoms with Crippen molar-refractivity contribution in [2.24, 2.45) is 23.7 Å². The van der Waals surface area contributed by atoms with Crippen LogP contribution in [0.3, 0.4) is 0 Å². The molecule has 4 bridgehead atoms. The second-order valence-corrected chi connectivity index (χ2v) is 23.9. The Kier molecular flexibility index (Phi) is 10.4. The molecule has 1 aromatic heterocycles. The van der Waals surface area contributed by atoms with Gasteiger partial charge in [-0.25, -0.2) is 15.0 Å². The summed E-state index contributed by atoms with van der Waals surface area (Å²) in [5, 5.41) is 5.47. The molecule has 0 N–H and O–H groups in total. The second kappa shape index (κ2) is 17.0. The van der Waals surface area contributed by atoms with Crippen molar-refractivity contribution in [1.82, 2.24) is 15.0 Å². The first-order chi connectivity index (χ1) is 34.3. The van der Waals surface area contributed by atoms with Gasteiger partial charge in [0, 0.05) is 27.4 Å². The summed E-state index contributed by atoms with van der Waals surface area (Å²) in [6.07, 6.45) is 6.54. The number of rotatable bonds is 9. The summed E-state index contributed by atoms with van der Waals surface area (Å²) >= 11 is 0. The topological polar surface area (TPSA) is 55.7 Å². The molecule has 5 heteroatoms. The molecule has 0 amide bonds. The van der Waals surface area contributed by atoms with Crippen molar-refractivity contribution in [3.63, 3.8) is 0 Å². The zero-order valence-corrected chi connectivity index (χ0v) is 40.6. The first kappa shape index (κ1) is 42.8. The molecule has 1 heterocycles. The van der Waals surface area contributed by atoms with E-state index in [9.17, 15) is 4.57 Å². The maximum Gasteiger partial charge on any atom is 0.165 e. The standard InChI is InChI=1S/C65H54N3OP/c1-70(2,69)55-19-13-18-50(41-55)46-28-32-51(33-29-46)65(53-37-42-36-43(39-53)40-54(65)38-42)52-34-30-49(31-35-52)63-66-62(48-26-24-45(25-27-48)44-14-5-3-6-15-44)67-64(68-63)61-58-22-11-9-20-56(58)60(47-16-7-4-8-17-47)57-21-10-12-23-59(57)61/h3-35,41-43,53-54H,36-40H2,1-2H3. The van der Waals surface area contributed by atoms with E-state index in [0.717, 1.165) is 66.5 Å². The second-order valence-electron chi connectivity index (χ2n) is 20.7. The smallest absolute Gasteiger partial charge is 0.165 e. The van der Waals surface area contributed by atoms with Gasteiger partial charge >= 0.3 is 0 Å². The van der Waals surface area contributed by atoms with Gasteiger partial charge in [0.15, 0.2) is 17.5 Å². The van der Waals surface area contributed by atoms with Crippen LogP contribution in [0.1, 0.15) is 43.2 Å². The Morgan fingerprint density at radius 3 is 1.27 bits per heavy atom. The van der Waals surface area contributed by atoms with Crippen molar-refractivity contribution < 1.29 is 4.57 Å². The van der Waals surface area contributed by atoms with E-state index in [-0.39, 0.29) is 5.41 Å². The lowest BCUT2D eigenvalue weighted by molar-refractivity contribution is -0.0418. The molecule has 4 fully saturated rings. The van der Waals surface area contributed by atoms with Gasteiger partial charge in [-0.05, 0) is 141 Å². The highest BCUT2D eigenvalue weighted by atomic mass is 31.2. The van der Waals surface area contributed by atoms with E-state index in [4.69, 9.17) is 15.0 Å². The first-order valence-electron chi connectivity index (χ1n) is 25.1. The Hall–Kier alpha value is -7.26. The van der Waals surface area contributed by atoms with Crippen LogP contribution in [-0.4, -0.2) is 28.3 Å². The van der Waals surface area contributed by atoms with Gasteiger partial charge in [0.2, 0.25) is 0 Å². The summed E-state index contributed by atoms with van der Waals surface area (Å²) < 4.78 is 13.1. The third-order valence-corrected chi connectivity index (χ3v) is 17.8. The zero-order chi connectivity index (χ0) is 47.0. The lowest BCUT2D eigenvalue weighted by atomic mass is 9.42. The van der Waals surface area contributed by atoms with E-state index in [1.807, 2.05) is 25.5 Å². The van der Waals surface area contributed by atoms with Crippen LogP contribution < -0.4 is 5.30 Å². The van der Waals surface area contributed by atoms with E-state index in [1.54, 1.807) is 0 Å². The Bertz CT molecular complexity index is 3550. The molecular weight excluding hydrogens is 870 g/mol. The molecule has 14 rings (SSSR count). The zero-order valence-electron chi connectivity index (χ0n) is 39.7. The van der Waals surface area contributed by atoms with Gasteiger partial charge in [0.1, 0.15) is 7.14 Å². The van der Waals surface area contributed by atoms with Crippen LogP contribution >= 0.6 is 7.14 Å². The van der Waals surface area contributed by atoms with E-state index < -0.39 is 7.14 Å². The Balaban J connectivity index is 0.959. The van der Waals surface area contributed by atoms with Crippen LogP contribution in [-0.2, 0) is 9.98 Å². The summed E-state index contributed by atoms with van der Waals surface area (Å²) in [5.41, 5.74) is 12.7. The molecule has 4 saturated carbocycles. The van der Waals surface area contributed by atoms with E-state index in [1.165, 1.54) is 65.5 Å². The first-order valence-corrected chi connectivity index (χ1v) is 27.7. The van der Waals surface area contributed by atoms with E-state index in [2.05, 4.69) is 194 Å². The van der Waals surface area contributed by atoms with Crippen molar-refractivity contribution in [1.29, 1.82) is 0 Å². The number of hydrogen-bond acceptors (Lipinski definition) is 4. The Labute approximate surface area is 411 Å². The number of aromatic nitrogens is 3. The molecular formula is C65H54N3OP. The van der Waals surface area contributed by atoms with Crippen molar-refractivity contribution in [2.75, 3.05) is 13.3 Å². The normalized spacial score (nSPS) is 20.5. The molecule has 10 aromatic rings. The minimum Gasteiger partial charge on any atom is -0.319 e. The summed E-state index contributed by atoms with van der Waals surface area (Å²) in [5.74, 6) is 4.80. The number of benzene rings is 9. The molecule has 4 aliphatic carbocycles. The lowest BCUT2D eigenvalue weighted by Gasteiger charge is -2.62. The van der Waals surface area contributed by atoms with Gasteiger partial charge in [-0.2, -0.15) is 0 Å². The van der Waals surface area contributed by atoms with Crippen molar-refractivity contribution >= 4 is 34.0 Å².